The monoisotopic (exact) mass is 215 g/mol. The number of rotatable bonds is 3. The number of carbonyl (C=O) groups is 1. The number of aryl methyl sites for hydroxylation is 2. The van der Waals surface area contributed by atoms with Crippen LogP contribution in [0.4, 0.5) is 0 Å². The first-order chi connectivity index (χ1) is 7.68. The molecule has 0 unspecified atom stereocenters. The highest BCUT2D eigenvalue weighted by Crippen LogP contribution is 2.13. The molecule has 0 radical (unpaired) electrons. The summed E-state index contributed by atoms with van der Waals surface area (Å²) < 4.78 is 2.06. The molecule has 0 aliphatic rings. The molecule has 0 atom stereocenters. The maximum absolute atomic E-state index is 10.8. The van der Waals surface area contributed by atoms with Crippen LogP contribution in [0.5, 0.6) is 0 Å². The maximum Gasteiger partial charge on any atom is 0.223 e. The van der Waals surface area contributed by atoms with Crippen LogP contribution in [0.25, 0.3) is 10.9 Å². The summed E-state index contributed by atoms with van der Waals surface area (Å²) in [5.74, 6) is -0.267. The second-order valence-corrected chi connectivity index (χ2v) is 3.93. The third-order valence-corrected chi connectivity index (χ3v) is 2.74. The van der Waals surface area contributed by atoms with Crippen LogP contribution < -0.4 is 10.3 Å². The van der Waals surface area contributed by atoms with Gasteiger partial charge in [-0.1, -0.05) is 12.1 Å². The number of hydrogen-bond acceptors (Lipinski definition) is 1. The summed E-state index contributed by atoms with van der Waals surface area (Å²) >= 11 is 0. The lowest BCUT2D eigenvalue weighted by molar-refractivity contribution is -0.670. The predicted molar refractivity (Wildman–Crippen MR) is 62.7 cm³/mol. The molecular weight excluding hydrogens is 200 g/mol. The van der Waals surface area contributed by atoms with E-state index in [1.54, 1.807) is 0 Å². The molecule has 0 saturated carbocycles. The number of carbonyl (C=O) groups excluding carboxylic acids is 1. The molecule has 0 fully saturated rings. The van der Waals surface area contributed by atoms with Crippen LogP contribution in [0, 0.1) is 6.92 Å². The lowest BCUT2D eigenvalue weighted by Crippen LogP contribution is -2.36. The minimum absolute atomic E-state index is 0.267. The van der Waals surface area contributed by atoms with Gasteiger partial charge in [-0.15, -0.1) is 0 Å². The number of amides is 1. The van der Waals surface area contributed by atoms with Gasteiger partial charge in [-0.25, -0.2) is 0 Å². The number of para-hydroxylation sites is 1. The molecule has 0 bridgehead atoms. The van der Waals surface area contributed by atoms with E-state index in [1.807, 2.05) is 18.3 Å². The van der Waals surface area contributed by atoms with Gasteiger partial charge in [-0.2, -0.15) is 4.57 Å². The largest absolute Gasteiger partial charge is 0.369 e. The zero-order valence-electron chi connectivity index (χ0n) is 9.31. The maximum atomic E-state index is 10.8. The van der Waals surface area contributed by atoms with Crippen molar-refractivity contribution in [2.24, 2.45) is 5.73 Å². The summed E-state index contributed by atoms with van der Waals surface area (Å²) in [6, 6.07) is 10.2. The number of aromatic nitrogens is 1. The minimum atomic E-state index is -0.267. The molecule has 2 rings (SSSR count). The molecule has 1 aromatic carbocycles. The number of benzene rings is 1. The molecule has 2 N–H and O–H groups in total. The molecule has 1 amide bonds. The van der Waals surface area contributed by atoms with Crippen molar-refractivity contribution in [3.8, 4) is 0 Å². The molecule has 1 heterocycles. The highest BCUT2D eigenvalue weighted by Gasteiger charge is 2.10. The average molecular weight is 215 g/mol. The van der Waals surface area contributed by atoms with E-state index in [0.29, 0.717) is 13.0 Å². The van der Waals surface area contributed by atoms with E-state index in [-0.39, 0.29) is 5.91 Å². The van der Waals surface area contributed by atoms with Gasteiger partial charge in [0, 0.05) is 17.5 Å². The topological polar surface area (TPSA) is 47.0 Å². The highest BCUT2D eigenvalue weighted by atomic mass is 16.1. The first kappa shape index (κ1) is 10.6. The molecule has 0 aliphatic heterocycles. The van der Waals surface area contributed by atoms with Gasteiger partial charge >= 0.3 is 0 Å². The summed E-state index contributed by atoms with van der Waals surface area (Å²) in [6.45, 7) is 2.72. The van der Waals surface area contributed by atoms with Gasteiger partial charge in [-0.05, 0) is 18.6 Å². The molecule has 16 heavy (non-hydrogen) atoms. The SMILES string of the molecule is Cc1cc[n+](CCC(N)=O)c2ccccc12. The van der Waals surface area contributed by atoms with Crippen molar-refractivity contribution in [1.82, 2.24) is 0 Å². The van der Waals surface area contributed by atoms with Crippen molar-refractivity contribution >= 4 is 16.8 Å². The molecule has 2 aromatic rings. The van der Waals surface area contributed by atoms with E-state index in [9.17, 15) is 4.79 Å². The molecule has 0 saturated heterocycles. The second kappa shape index (κ2) is 4.31. The Kier molecular flexibility index (Phi) is 2.86. The Morgan fingerprint density at radius 2 is 2.06 bits per heavy atom. The van der Waals surface area contributed by atoms with Crippen LogP contribution >= 0.6 is 0 Å². The summed E-state index contributed by atoms with van der Waals surface area (Å²) in [6.07, 6.45) is 2.37. The Morgan fingerprint density at radius 3 is 2.81 bits per heavy atom. The quantitative estimate of drug-likeness (QED) is 0.771. The fourth-order valence-corrected chi connectivity index (χ4v) is 1.86. The molecule has 0 aliphatic carbocycles. The van der Waals surface area contributed by atoms with Crippen molar-refractivity contribution in [3.05, 3.63) is 42.1 Å². The molecule has 3 nitrogen and oxygen atoms in total. The smallest absolute Gasteiger partial charge is 0.223 e. The van der Waals surface area contributed by atoms with Crippen molar-refractivity contribution < 1.29 is 9.36 Å². The summed E-state index contributed by atoms with van der Waals surface area (Å²) in [5, 5.41) is 1.22. The Hall–Kier alpha value is -1.90. The zero-order valence-corrected chi connectivity index (χ0v) is 9.31. The van der Waals surface area contributed by atoms with Crippen LogP contribution in [-0.2, 0) is 11.3 Å². The van der Waals surface area contributed by atoms with E-state index in [4.69, 9.17) is 5.73 Å². The van der Waals surface area contributed by atoms with Gasteiger partial charge in [0.2, 0.25) is 11.4 Å². The van der Waals surface area contributed by atoms with Crippen LogP contribution in [0.2, 0.25) is 0 Å². The highest BCUT2D eigenvalue weighted by molar-refractivity contribution is 5.79. The zero-order chi connectivity index (χ0) is 11.5. The van der Waals surface area contributed by atoms with Crippen LogP contribution in [-0.4, -0.2) is 5.91 Å². The van der Waals surface area contributed by atoms with Gasteiger partial charge in [0.15, 0.2) is 12.7 Å². The van der Waals surface area contributed by atoms with Gasteiger partial charge < -0.3 is 5.73 Å². The minimum Gasteiger partial charge on any atom is -0.369 e. The first-order valence-corrected chi connectivity index (χ1v) is 5.34. The van der Waals surface area contributed by atoms with Crippen LogP contribution in [0.15, 0.2) is 36.5 Å². The summed E-state index contributed by atoms with van der Waals surface area (Å²) in [7, 11) is 0. The summed E-state index contributed by atoms with van der Waals surface area (Å²) in [5.41, 5.74) is 7.55. The van der Waals surface area contributed by atoms with Gasteiger partial charge in [0.05, 0.1) is 6.42 Å². The van der Waals surface area contributed by atoms with Crippen molar-refractivity contribution in [1.29, 1.82) is 0 Å². The third kappa shape index (κ3) is 2.03. The van der Waals surface area contributed by atoms with E-state index in [1.165, 1.54) is 10.9 Å². The Balaban J connectivity index is 2.46. The van der Waals surface area contributed by atoms with Crippen molar-refractivity contribution in [2.75, 3.05) is 0 Å². The van der Waals surface area contributed by atoms with E-state index >= 15 is 0 Å². The molecule has 1 aromatic heterocycles. The summed E-state index contributed by atoms with van der Waals surface area (Å²) in [4.78, 5) is 10.8. The lowest BCUT2D eigenvalue weighted by Gasteiger charge is -2.02. The molecular formula is C13H15N2O+. The second-order valence-electron chi connectivity index (χ2n) is 3.93. The standard InChI is InChI=1S/C13H14N2O/c1-10-6-8-15(9-7-13(14)16)12-5-3-2-4-11(10)12/h2-6,8H,7,9H2,1H3,(H-,14,16)/p+1. The fourth-order valence-electron chi connectivity index (χ4n) is 1.86. The van der Waals surface area contributed by atoms with Gasteiger partial charge in [0.25, 0.3) is 0 Å². The number of fused-ring (bicyclic) bond motifs is 1. The average Bonchev–Trinajstić information content (AvgIpc) is 2.28. The number of hydrogen-bond donors (Lipinski definition) is 1. The molecule has 3 heteroatoms. The Bertz CT molecular complexity index is 534. The normalized spacial score (nSPS) is 10.6. The lowest BCUT2D eigenvalue weighted by atomic mass is 10.1. The van der Waals surface area contributed by atoms with Crippen LogP contribution in [0.1, 0.15) is 12.0 Å². The predicted octanol–water partition coefficient (Wildman–Crippen LogP) is 1.31. The first-order valence-electron chi connectivity index (χ1n) is 5.34. The number of primary amides is 1. The Morgan fingerprint density at radius 1 is 1.31 bits per heavy atom. The van der Waals surface area contributed by atoms with Gasteiger partial charge in [-0.3, -0.25) is 4.79 Å². The van der Waals surface area contributed by atoms with Crippen LogP contribution in [0.3, 0.4) is 0 Å². The molecule has 82 valence electrons. The van der Waals surface area contributed by atoms with E-state index in [2.05, 4.69) is 29.7 Å². The number of nitrogens with two attached hydrogens (primary N) is 1. The van der Waals surface area contributed by atoms with Crippen molar-refractivity contribution in [3.63, 3.8) is 0 Å². The Labute approximate surface area is 94.5 Å². The number of pyridine rings is 1. The van der Waals surface area contributed by atoms with Crippen molar-refractivity contribution in [2.45, 2.75) is 19.9 Å². The van der Waals surface area contributed by atoms with E-state index in [0.717, 1.165) is 5.52 Å². The fraction of sp³-hybridized carbons (Fsp3) is 0.231. The third-order valence-electron chi connectivity index (χ3n) is 2.74. The van der Waals surface area contributed by atoms with Gasteiger partial charge in [0.1, 0.15) is 0 Å². The van der Waals surface area contributed by atoms with E-state index < -0.39 is 0 Å². The number of nitrogens with zero attached hydrogens (tertiary/aromatic N) is 1. The molecule has 0 spiro atoms.